The predicted molar refractivity (Wildman–Crippen MR) is 171 cm³/mol. The molecule has 274 valence electrons. The molecule has 48 heavy (non-hydrogen) atoms. The van der Waals surface area contributed by atoms with E-state index in [1.54, 1.807) is 14.0 Å². The molecule has 7 fully saturated rings. The zero-order chi connectivity index (χ0) is 35.1. The van der Waals surface area contributed by atoms with Gasteiger partial charge in [-0.3, -0.25) is 4.79 Å². The first kappa shape index (κ1) is 35.5. The highest BCUT2D eigenvalue weighted by Gasteiger charge is 2.99. The Bertz CT molecular complexity index is 1300. The van der Waals surface area contributed by atoms with E-state index >= 15 is 0 Å². The van der Waals surface area contributed by atoms with E-state index in [1.165, 1.54) is 0 Å². The molecule has 5 saturated heterocycles. The van der Waals surface area contributed by atoms with Crippen LogP contribution in [0, 0.1) is 35.0 Å². The summed E-state index contributed by atoms with van der Waals surface area (Å²) >= 11 is 0. The second kappa shape index (κ2) is 11.0. The van der Waals surface area contributed by atoms with Gasteiger partial charge in [-0.2, -0.15) is 0 Å². The predicted octanol–water partition coefficient (Wildman–Crippen LogP) is 2.59. The average molecular weight is 682 g/mol. The van der Waals surface area contributed by atoms with Gasteiger partial charge in [-0.25, -0.2) is 0 Å². The molecule has 0 amide bonds. The lowest BCUT2D eigenvalue weighted by Crippen LogP contribution is -2.90. The third-order valence-corrected chi connectivity index (χ3v) is 14.1. The summed E-state index contributed by atoms with van der Waals surface area (Å²) in [5.74, 6) is -5.33. The summed E-state index contributed by atoms with van der Waals surface area (Å²) in [6.07, 6.45) is -1.74. The maximum absolute atomic E-state index is 14.6. The standard InChI is InChI=1S/C36H59NO11/c1-12-34-16-31(34,6)26(39)19(4)24(38)17(2)15-32(7,41)27(44-22-14-21(37(9)10)13-18(3)43-22)20(5)25-23(28(40)46-34)35(45-25)29-33(8,48-35)30-36(29,42-11)47-30/h17-27,29-30,38-39,41H,12-16H2,1-11H3/t17-,18?,19+,20+,21?,22?,23-,24+,25+,26-,27-,29?,30?,31+,32+,33?,34-,35?,36?/m1/s1. The first-order valence-corrected chi connectivity index (χ1v) is 18.2. The fourth-order valence-electron chi connectivity index (χ4n) is 11.2. The molecule has 2 aliphatic carbocycles. The number of rotatable bonds is 5. The number of hydrogen-bond acceptors (Lipinski definition) is 12. The van der Waals surface area contributed by atoms with Crippen LogP contribution in [-0.4, -0.2) is 125 Å². The molecule has 0 aromatic carbocycles. The zero-order valence-electron chi connectivity index (χ0n) is 30.6. The van der Waals surface area contributed by atoms with Crippen molar-refractivity contribution in [1.29, 1.82) is 0 Å². The molecule has 5 aliphatic heterocycles. The monoisotopic (exact) mass is 681 g/mol. The summed E-state index contributed by atoms with van der Waals surface area (Å²) in [7, 11) is 5.68. The Kier molecular flexibility index (Phi) is 8.16. The van der Waals surface area contributed by atoms with Crippen molar-refractivity contribution in [1.82, 2.24) is 4.90 Å². The highest BCUT2D eigenvalue weighted by molar-refractivity contribution is 5.77. The van der Waals surface area contributed by atoms with Crippen LogP contribution in [0.15, 0.2) is 0 Å². The van der Waals surface area contributed by atoms with Crippen molar-refractivity contribution in [3.05, 3.63) is 0 Å². The summed E-state index contributed by atoms with van der Waals surface area (Å²) < 4.78 is 44.7. The molecule has 7 rings (SSSR count). The average Bonchev–Trinajstić information content (AvgIpc) is 3.86. The molecule has 1 spiro atoms. The maximum atomic E-state index is 14.6. The molecule has 5 heterocycles. The van der Waals surface area contributed by atoms with Gasteiger partial charge in [0, 0.05) is 36.8 Å². The van der Waals surface area contributed by atoms with E-state index < -0.39 is 94.1 Å². The first-order chi connectivity index (χ1) is 22.3. The Labute approximate surface area is 285 Å². The Morgan fingerprint density at radius 3 is 2.33 bits per heavy atom. The van der Waals surface area contributed by atoms with E-state index in [0.717, 1.165) is 6.42 Å². The zero-order valence-corrected chi connectivity index (χ0v) is 30.6. The number of methoxy groups -OCH3 is 1. The first-order valence-electron chi connectivity index (χ1n) is 18.2. The van der Waals surface area contributed by atoms with E-state index in [4.69, 9.17) is 33.2 Å². The lowest BCUT2D eigenvalue weighted by Gasteiger charge is -2.73. The van der Waals surface area contributed by atoms with Crippen LogP contribution in [0.5, 0.6) is 0 Å². The van der Waals surface area contributed by atoms with Gasteiger partial charge >= 0.3 is 5.97 Å². The van der Waals surface area contributed by atoms with Crippen LogP contribution in [0.4, 0.5) is 0 Å². The summed E-state index contributed by atoms with van der Waals surface area (Å²) in [5.41, 5.74) is -3.79. The number of carbonyl (C=O) groups is 1. The molecule has 2 saturated carbocycles. The summed E-state index contributed by atoms with van der Waals surface area (Å²) in [4.78, 5) is 16.8. The fraction of sp³-hybridized carbons (Fsp3) is 0.972. The van der Waals surface area contributed by atoms with Crippen LogP contribution in [0.1, 0.15) is 87.5 Å². The molecular formula is C36H59NO11. The van der Waals surface area contributed by atoms with E-state index in [1.807, 2.05) is 62.6 Å². The van der Waals surface area contributed by atoms with Gasteiger partial charge < -0.3 is 53.4 Å². The molecule has 0 aromatic heterocycles. The van der Waals surface area contributed by atoms with Gasteiger partial charge in [0.2, 0.25) is 5.79 Å². The molecule has 12 nitrogen and oxygen atoms in total. The van der Waals surface area contributed by atoms with Gasteiger partial charge in [-0.05, 0) is 66.5 Å². The van der Waals surface area contributed by atoms with Crippen LogP contribution >= 0.6 is 0 Å². The highest BCUT2D eigenvalue weighted by atomic mass is 16.9. The number of epoxide rings is 1. The lowest BCUT2D eigenvalue weighted by atomic mass is 9.52. The van der Waals surface area contributed by atoms with Crippen molar-refractivity contribution >= 4 is 5.97 Å². The molecule has 7 aliphatic rings. The molecule has 12 heteroatoms. The number of aliphatic hydroxyl groups excluding tert-OH is 2. The molecule has 0 radical (unpaired) electrons. The number of fused-ring (bicyclic) bond motifs is 8. The Morgan fingerprint density at radius 2 is 1.71 bits per heavy atom. The minimum Gasteiger partial charge on any atom is -0.458 e. The van der Waals surface area contributed by atoms with Crippen LogP contribution in [-0.2, 0) is 38.0 Å². The van der Waals surface area contributed by atoms with Crippen molar-refractivity contribution < 1.29 is 53.3 Å². The summed E-state index contributed by atoms with van der Waals surface area (Å²) in [6.45, 7) is 15.3. The van der Waals surface area contributed by atoms with Gasteiger partial charge in [0.15, 0.2) is 12.1 Å². The summed E-state index contributed by atoms with van der Waals surface area (Å²) in [5, 5.41) is 35.7. The van der Waals surface area contributed by atoms with Crippen LogP contribution in [0.25, 0.3) is 0 Å². The molecule has 0 aromatic rings. The number of hydrogen-bond donors (Lipinski definition) is 3. The highest BCUT2D eigenvalue weighted by Crippen LogP contribution is 2.80. The number of ether oxygens (including phenoxy) is 7. The van der Waals surface area contributed by atoms with Crippen molar-refractivity contribution in [2.75, 3.05) is 21.2 Å². The third kappa shape index (κ3) is 4.59. The van der Waals surface area contributed by atoms with Gasteiger partial charge in [-0.1, -0.05) is 34.6 Å². The Balaban J connectivity index is 1.27. The van der Waals surface area contributed by atoms with Gasteiger partial charge in [0.1, 0.15) is 29.1 Å². The number of carbonyl (C=O) groups excluding carboxylic acids is 1. The normalized spacial score (nSPS) is 60.6. The van der Waals surface area contributed by atoms with E-state index in [2.05, 4.69) is 4.90 Å². The minimum absolute atomic E-state index is 0.0570. The van der Waals surface area contributed by atoms with Crippen molar-refractivity contribution in [2.24, 2.45) is 35.0 Å². The van der Waals surface area contributed by atoms with Crippen molar-refractivity contribution in [3.63, 3.8) is 0 Å². The Morgan fingerprint density at radius 1 is 1.02 bits per heavy atom. The van der Waals surface area contributed by atoms with Crippen molar-refractivity contribution in [3.8, 4) is 0 Å². The molecule has 19 atom stereocenters. The van der Waals surface area contributed by atoms with E-state index in [0.29, 0.717) is 19.3 Å². The second-order valence-corrected chi connectivity index (χ2v) is 17.5. The largest absolute Gasteiger partial charge is 0.458 e. The molecule has 8 unspecified atom stereocenters. The summed E-state index contributed by atoms with van der Waals surface area (Å²) in [6, 6.07) is 0.223. The molecule has 3 N–H and O–H groups in total. The Hall–Kier alpha value is -0.930. The van der Waals surface area contributed by atoms with Crippen molar-refractivity contribution in [2.45, 2.75) is 165 Å². The third-order valence-electron chi connectivity index (χ3n) is 14.1. The molecule has 0 bridgehead atoms. The fourth-order valence-corrected chi connectivity index (χ4v) is 11.2. The number of nitrogens with zero attached hydrogens (tertiary/aromatic N) is 1. The quantitative estimate of drug-likeness (QED) is 0.289. The van der Waals surface area contributed by atoms with Gasteiger partial charge in [-0.15, -0.1) is 0 Å². The number of aliphatic hydroxyl groups is 3. The number of esters is 1. The topological polar surface area (TPSA) is 149 Å². The smallest absolute Gasteiger partial charge is 0.317 e. The van der Waals surface area contributed by atoms with Crippen LogP contribution in [0.2, 0.25) is 0 Å². The van der Waals surface area contributed by atoms with Gasteiger partial charge in [0.25, 0.3) is 0 Å². The lowest BCUT2D eigenvalue weighted by molar-refractivity contribution is -0.546. The maximum Gasteiger partial charge on any atom is 0.317 e. The van der Waals surface area contributed by atoms with Gasteiger partial charge in [0.05, 0.1) is 36.1 Å². The van der Waals surface area contributed by atoms with E-state index in [9.17, 15) is 20.1 Å². The van der Waals surface area contributed by atoms with Crippen LogP contribution < -0.4 is 0 Å². The SMILES string of the molecule is CC[C@@]12C[C@@]1(C)[C@H](O)[C@@H](C)[C@@H](O)[C@H](C)C[C@](C)(O)[C@H](OC1CC(N(C)C)CC(C)O1)[C@@H](C)[C@@H]1OC3(OC4(C)C5OC5(OC)C43)[C@H]1C(=O)O2. The van der Waals surface area contributed by atoms with E-state index in [-0.39, 0.29) is 30.6 Å². The van der Waals surface area contributed by atoms with Crippen LogP contribution in [0.3, 0.4) is 0 Å². The molecular weight excluding hydrogens is 622 g/mol. The minimum atomic E-state index is -1.48. The second-order valence-electron chi connectivity index (χ2n) is 17.5.